The highest BCUT2D eigenvalue weighted by Crippen LogP contribution is 2.41. The Kier molecular flexibility index (Phi) is 4.59. The summed E-state index contributed by atoms with van der Waals surface area (Å²) in [5.41, 5.74) is 0.966. The summed E-state index contributed by atoms with van der Waals surface area (Å²) >= 11 is 13.7. The van der Waals surface area contributed by atoms with Gasteiger partial charge in [0.15, 0.2) is 0 Å². The number of nitrogens with zero attached hydrogens (tertiary/aromatic N) is 4. The monoisotopic (exact) mass is 398 g/mol. The molecular weight excluding hydrogens is 383 g/mol. The molecule has 0 radical (unpaired) electrons. The van der Waals surface area contributed by atoms with Crippen LogP contribution in [0.5, 0.6) is 5.88 Å². The Labute approximate surface area is 158 Å². The average molecular weight is 399 g/mol. The van der Waals surface area contributed by atoms with E-state index in [9.17, 15) is 5.11 Å². The van der Waals surface area contributed by atoms with E-state index in [2.05, 4.69) is 15.0 Å². The number of rotatable bonds is 3. The zero-order valence-electron chi connectivity index (χ0n) is 13.4. The first-order chi connectivity index (χ1) is 12.0. The lowest BCUT2D eigenvalue weighted by Crippen LogP contribution is -2.39. The number of thiazole rings is 1. The number of fused-ring (bicyclic) bond motifs is 1. The highest BCUT2D eigenvalue weighted by Gasteiger charge is 2.30. The predicted molar refractivity (Wildman–Crippen MR) is 98.0 cm³/mol. The Balaban J connectivity index is 1.84. The fraction of sp³-hybridized carbons (Fsp3) is 0.375. The van der Waals surface area contributed by atoms with Gasteiger partial charge in [-0.2, -0.15) is 4.52 Å². The number of benzene rings is 1. The third kappa shape index (κ3) is 3.11. The van der Waals surface area contributed by atoms with Crippen LogP contribution < -0.4 is 0 Å². The molecule has 2 aromatic heterocycles. The van der Waals surface area contributed by atoms with Gasteiger partial charge in [-0.25, -0.2) is 4.98 Å². The summed E-state index contributed by atoms with van der Waals surface area (Å²) in [6, 6.07) is 5.41. The lowest BCUT2D eigenvalue weighted by atomic mass is 10.0. The molecule has 1 atom stereocenters. The van der Waals surface area contributed by atoms with Gasteiger partial charge in [0.05, 0.1) is 34.2 Å². The van der Waals surface area contributed by atoms with E-state index in [1.54, 1.807) is 13.0 Å². The molecule has 4 rings (SSSR count). The van der Waals surface area contributed by atoms with Crippen molar-refractivity contribution in [2.45, 2.75) is 13.0 Å². The molecule has 0 unspecified atom stereocenters. The second-order valence-electron chi connectivity index (χ2n) is 5.87. The summed E-state index contributed by atoms with van der Waals surface area (Å²) in [4.78, 5) is 8.09. The quantitative estimate of drug-likeness (QED) is 0.730. The lowest BCUT2D eigenvalue weighted by molar-refractivity contribution is 0.0241. The van der Waals surface area contributed by atoms with Crippen LogP contribution in [0.1, 0.15) is 22.3 Å². The minimum absolute atomic E-state index is 0.114. The SMILES string of the molecule is Cc1nc2sc([C@@H](c3ccc(Cl)c(Cl)c3)N3CCOCC3)c(O)n2n1. The first kappa shape index (κ1) is 17.1. The van der Waals surface area contributed by atoms with Gasteiger partial charge in [-0.1, -0.05) is 40.6 Å². The number of aromatic hydroxyl groups is 1. The van der Waals surface area contributed by atoms with E-state index >= 15 is 0 Å². The minimum Gasteiger partial charge on any atom is -0.492 e. The molecule has 3 heterocycles. The van der Waals surface area contributed by atoms with Crippen molar-refractivity contribution in [1.29, 1.82) is 0 Å². The average Bonchev–Trinajstić information content (AvgIpc) is 3.10. The van der Waals surface area contributed by atoms with Gasteiger partial charge in [0.25, 0.3) is 0 Å². The van der Waals surface area contributed by atoms with Crippen molar-refractivity contribution in [2.24, 2.45) is 0 Å². The van der Waals surface area contributed by atoms with Crippen LogP contribution >= 0.6 is 34.5 Å². The van der Waals surface area contributed by atoms with E-state index in [4.69, 9.17) is 27.9 Å². The molecule has 25 heavy (non-hydrogen) atoms. The predicted octanol–water partition coefficient (Wildman–Crippen LogP) is 3.53. The van der Waals surface area contributed by atoms with Crippen molar-refractivity contribution in [3.05, 3.63) is 44.5 Å². The number of ether oxygens (including phenoxy) is 1. The summed E-state index contributed by atoms with van der Waals surface area (Å²) in [5, 5.41) is 16.0. The fourth-order valence-electron chi connectivity index (χ4n) is 3.07. The molecule has 6 nitrogen and oxygen atoms in total. The van der Waals surface area contributed by atoms with Crippen LogP contribution in [0.4, 0.5) is 0 Å². The van der Waals surface area contributed by atoms with Crippen molar-refractivity contribution in [1.82, 2.24) is 19.5 Å². The van der Waals surface area contributed by atoms with Crippen LogP contribution in [0.3, 0.4) is 0 Å². The van der Waals surface area contributed by atoms with Crippen LogP contribution in [0, 0.1) is 6.92 Å². The van der Waals surface area contributed by atoms with E-state index in [1.807, 2.05) is 12.1 Å². The molecule has 1 N–H and O–H groups in total. The highest BCUT2D eigenvalue weighted by molar-refractivity contribution is 7.17. The van der Waals surface area contributed by atoms with Crippen LogP contribution in [-0.2, 0) is 4.74 Å². The summed E-state index contributed by atoms with van der Waals surface area (Å²) in [7, 11) is 0. The minimum atomic E-state index is -0.160. The summed E-state index contributed by atoms with van der Waals surface area (Å²) in [6.07, 6.45) is 0. The van der Waals surface area contributed by atoms with Crippen molar-refractivity contribution >= 4 is 39.5 Å². The smallest absolute Gasteiger partial charge is 0.230 e. The number of aromatic nitrogens is 3. The Morgan fingerprint density at radius 3 is 2.68 bits per heavy atom. The van der Waals surface area contributed by atoms with Gasteiger partial charge >= 0.3 is 0 Å². The van der Waals surface area contributed by atoms with E-state index in [1.165, 1.54) is 15.9 Å². The van der Waals surface area contributed by atoms with Crippen molar-refractivity contribution in [2.75, 3.05) is 26.3 Å². The standard InChI is InChI=1S/C16H16Cl2N4O2S/c1-9-19-16-22(20-9)15(23)14(25-16)13(21-4-6-24-7-5-21)10-2-3-11(17)12(18)8-10/h2-3,8,13,23H,4-7H2,1H3/t13-/m1/s1. The topological polar surface area (TPSA) is 62.9 Å². The van der Waals surface area contributed by atoms with Crippen molar-refractivity contribution < 1.29 is 9.84 Å². The molecule has 0 bridgehead atoms. The zero-order valence-corrected chi connectivity index (χ0v) is 15.8. The summed E-state index contributed by atoms with van der Waals surface area (Å²) in [6.45, 7) is 4.63. The van der Waals surface area contributed by atoms with Gasteiger partial charge in [0, 0.05) is 13.1 Å². The van der Waals surface area contributed by atoms with Gasteiger partial charge in [0.2, 0.25) is 10.8 Å². The molecule has 1 aliphatic rings. The number of hydrogen-bond donors (Lipinski definition) is 1. The molecular formula is C16H16Cl2N4O2S. The van der Waals surface area contributed by atoms with Gasteiger partial charge in [-0.15, -0.1) is 5.10 Å². The molecule has 0 saturated carbocycles. The summed E-state index contributed by atoms with van der Waals surface area (Å²) in [5.74, 6) is 0.744. The number of aryl methyl sites for hydroxylation is 1. The fourth-order valence-corrected chi connectivity index (χ4v) is 4.54. The molecule has 9 heteroatoms. The molecule has 0 amide bonds. The molecule has 0 aliphatic carbocycles. The second-order valence-corrected chi connectivity index (χ2v) is 7.69. The lowest BCUT2D eigenvalue weighted by Gasteiger charge is -2.34. The van der Waals surface area contributed by atoms with Gasteiger partial charge in [-0.05, 0) is 24.6 Å². The molecule has 132 valence electrons. The molecule has 1 aliphatic heterocycles. The zero-order chi connectivity index (χ0) is 17.6. The third-order valence-electron chi connectivity index (χ3n) is 4.22. The number of halogens is 2. The van der Waals surface area contributed by atoms with Crippen LogP contribution in [0.15, 0.2) is 18.2 Å². The Bertz CT molecular complexity index is 920. The van der Waals surface area contributed by atoms with Crippen LogP contribution in [0.2, 0.25) is 10.0 Å². The normalized spacial score (nSPS) is 17.2. The van der Waals surface area contributed by atoms with Crippen LogP contribution in [0.25, 0.3) is 4.96 Å². The van der Waals surface area contributed by atoms with Crippen LogP contribution in [-0.4, -0.2) is 50.9 Å². The van der Waals surface area contributed by atoms with E-state index in [0.29, 0.717) is 34.0 Å². The van der Waals surface area contributed by atoms with E-state index < -0.39 is 0 Å². The van der Waals surface area contributed by atoms with Crippen molar-refractivity contribution in [3.63, 3.8) is 0 Å². The highest BCUT2D eigenvalue weighted by atomic mass is 35.5. The molecule has 1 aromatic carbocycles. The number of hydrogen-bond acceptors (Lipinski definition) is 6. The maximum atomic E-state index is 10.7. The number of morpholine rings is 1. The van der Waals surface area contributed by atoms with E-state index in [-0.39, 0.29) is 11.9 Å². The van der Waals surface area contributed by atoms with E-state index in [0.717, 1.165) is 23.5 Å². The Morgan fingerprint density at radius 2 is 2.00 bits per heavy atom. The van der Waals surface area contributed by atoms with Gasteiger partial charge in [0.1, 0.15) is 5.82 Å². The Morgan fingerprint density at radius 1 is 1.24 bits per heavy atom. The third-order valence-corrected chi connectivity index (χ3v) is 6.04. The van der Waals surface area contributed by atoms with Gasteiger partial charge in [-0.3, -0.25) is 4.90 Å². The molecule has 1 saturated heterocycles. The van der Waals surface area contributed by atoms with Crippen molar-refractivity contribution in [3.8, 4) is 5.88 Å². The second kappa shape index (κ2) is 6.74. The van der Waals surface area contributed by atoms with Gasteiger partial charge < -0.3 is 9.84 Å². The summed E-state index contributed by atoms with van der Waals surface area (Å²) < 4.78 is 6.96. The molecule has 1 fully saturated rings. The Hall–Kier alpha value is -1.38. The first-order valence-corrected chi connectivity index (χ1v) is 9.43. The molecule has 3 aromatic rings. The molecule has 0 spiro atoms. The first-order valence-electron chi connectivity index (χ1n) is 7.86. The largest absolute Gasteiger partial charge is 0.492 e. The maximum Gasteiger partial charge on any atom is 0.230 e. The maximum absolute atomic E-state index is 10.7.